The van der Waals surface area contributed by atoms with E-state index in [4.69, 9.17) is 9.84 Å². The van der Waals surface area contributed by atoms with Crippen molar-refractivity contribution in [2.45, 2.75) is 44.7 Å². The molecule has 1 unspecified atom stereocenters. The van der Waals surface area contributed by atoms with Gasteiger partial charge in [-0.05, 0) is 12.8 Å². The molecule has 0 rings (SSSR count). The monoisotopic (exact) mass is 304 g/mol. The first-order valence-corrected chi connectivity index (χ1v) is 6.80. The van der Waals surface area contributed by atoms with E-state index >= 15 is 0 Å². The number of carboxylic acids is 1. The van der Waals surface area contributed by atoms with Crippen molar-refractivity contribution in [3.05, 3.63) is 0 Å². The summed E-state index contributed by atoms with van der Waals surface area (Å²) in [6.45, 7) is 2.32. The number of carbonyl (C=O) groups excluding carboxylic acids is 2. The summed E-state index contributed by atoms with van der Waals surface area (Å²) in [6, 6.07) is -1.92. The second kappa shape index (κ2) is 10.9. The van der Waals surface area contributed by atoms with E-state index in [0.29, 0.717) is 6.61 Å². The third-order valence-corrected chi connectivity index (χ3v) is 2.81. The number of rotatable bonds is 10. The molecular formula is C13H24N2O6. The third-order valence-electron chi connectivity index (χ3n) is 2.81. The van der Waals surface area contributed by atoms with Gasteiger partial charge in [0.2, 0.25) is 0 Å². The Hall–Kier alpha value is -1.83. The van der Waals surface area contributed by atoms with Crippen molar-refractivity contribution in [2.75, 3.05) is 20.8 Å². The Morgan fingerprint density at radius 1 is 1.14 bits per heavy atom. The van der Waals surface area contributed by atoms with E-state index in [1.54, 1.807) is 0 Å². The van der Waals surface area contributed by atoms with Gasteiger partial charge < -0.3 is 25.2 Å². The van der Waals surface area contributed by atoms with E-state index < -0.39 is 24.0 Å². The summed E-state index contributed by atoms with van der Waals surface area (Å²) in [6.07, 6.45) is 1.47. The van der Waals surface area contributed by atoms with Crippen LogP contribution in [-0.2, 0) is 19.1 Å². The van der Waals surface area contributed by atoms with Crippen molar-refractivity contribution in [1.29, 1.82) is 0 Å². The Kier molecular flexibility index (Phi) is 9.95. The Labute approximate surface area is 124 Å². The van der Waals surface area contributed by atoms with Crippen LogP contribution < -0.4 is 10.6 Å². The lowest BCUT2D eigenvalue weighted by atomic mass is 10.1. The maximum atomic E-state index is 11.8. The first-order chi connectivity index (χ1) is 9.94. The molecule has 0 bridgehead atoms. The standard InChI is InChI=1S/C13H24N2O6/c1-4-5-9(8-20-2)14-13(19)15-10(12(17)18)6-7-11(16)21-3/h9-10H,4-8H2,1-3H3,(H,17,18)(H2,14,15,19)/t9?,10-/m1/s1. The predicted octanol–water partition coefficient (Wildman–Crippen LogP) is 0.507. The predicted molar refractivity (Wildman–Crippen MR) is 74.9 cm³/mol. The zero-order valence-corrected chi connectivity index (χ0v) is 12.7. The second-order valence-electron chi connectivity index (χ2n) is 4.56. The number of urea groups is 1. The number of carboxylic acid groups (broad SMARTS) is 1. The minimum Gasteiger partial charge on any atom is -0.480 e. The lowest BCUT2D eigenvalue weighted by Crippen LogP contribution is -2.50. The zero-order chi connectivity index (χ0) is 16.3. The molecule has 0 aromatic carbocycles. The van der Waals surface area contributed by atoms with Gasteiger partial charge >= 0.3 is 18.0 Å². The van der Waals surface area contributed by atoms with Crippen LogP contribution in [0.5, 0.6) is 0 Å². The minimum atomic E-state index is -1.20. The van der Waals surface area contributed by atoms with Gasteiger partial charge in [0, 0.05) is 13.5 Å². The van der Waals surface area contributed by atoms with Gasteiger partial charge in [0.15, 0.2) is 0 Å². The number of amides is 2. The molecule has 0 saturated carbocycles. The van der Waals surface area contributed by atoms with E-state index in [1.165, 1.54) is 14.2 Å². The summed E-state index contributed by atoms with van der Waals surface area (Å²) in [4.78, 5) is 33.8. The first kappa shape index (κ1) is 19.2. The summed E-state index contributed by atoms with van der Waals surface area (Å²) in [5.41, 5.74) is 0. The quantitative estimate of drug-likeness (QED) is 0.507. The van der Waals surface area contributed by atoms with Gasteiger partial charge in [0.05, 0.1) is 19.8 Å². The summed E-state index contributed by atoms with van der Waals surface area (Å²) in [5, 5.41) is 14.0. The number of carbonyl (C=O) groups is 3. The maximum Gasteiger partial charge on any atom is 0.326 e. The van der Waals surface area contributed by atoms with Crippen LogP contribution in [-0.4, -0.2) is 56.0 Å². The number of aliphatic carboxylic acids is 1. The molecule has 0 spiro atoms. The van der Waals surface area contributed by atoms with Crippen LogP contribution in [0.2, 0.25) is 0 Å². The molecule has 0 aliphatic rings. The average molecular weight is 304 g/mol. The molecule has 0 aliphatic heterocycles. The molecule has 2 amide bonds. The van der Waals surface area contributed by atoms with Gasteiger partial charge in [-0.2, -0.15) is 0 Å². The SMILES string of the molecule is CCCC(COC)NC(=O)N[C@H](CCC(=O)OC)C(=O)O. The Bertz CT molecular complexity index is 342. The fourth-order valence-electron chi connectivity index (χ4n) is 1.75. The molecule has 21 heavy (non-hydrogen) atoms. The van der Waals surface area contributed by atoms with Crippen molar-refractivity contribution >= 4 is 18.0 Å². The zero-order valence-electron chi connectivity index (χ0n) is 12.7. The van der Waals surface area contributed by atoms with E-state index in [1.807, 2.05) is 6.92 Å². The van der Waals surface area contributed by atoms with E-state index in [-0.39, 0.29) is 18.9 Å². The molecule has 0 radical (unpaired) electrons. The lowest BCUT2D eigenvalue weighted by molar-refractivity contribution is -0.142. The summed E-state index contributed by atoms with van der Waals surface area (Å²) in [7, 11) is 2.75. The summed E-state index contributed by atoms with van der Waals surface area (Å²) < 4.78 is 9.42. The van der Waals surface area contributed by atoms with Gasteiger partial charge in [0.25, 0.3) is 0 Å². The van der Waals surface area contributed by atoms with Crippen LogP contribution in [0.25, 0.3) is 0 Å². The number of esters is 1. The van der Waals surface area contributed by atoms with Crippen molar-refractivity contribution in [2.24, 2.45) is 0 Å². The molecule has 122 valence electrons. The molecule has 8 heteroatoms. The van der Waals surface area contributed by atoms with E-state index in [2.05, 4.69) is 15.4 Å². The largest absolute Gasteiger partial charge is 0.480 e. The van der Waals surface area contributed by atoms with Crippen molar-refractivity contribution in [3.63, 3.8) is 0 Å². The van der Waals surface area contributed by atoms with Crippen molar-refractivity contribution < 1.29 is 29.0 Å². The highest BCUT2D eigenvalue weighted by molar-refractivity contribution is 5.83. The number of ether oxygens (including phenoxy) is 2. The molecule has 2 atom stereocenters. The van der Waals surface area contributed by atoms with Crippen LogP contribution in [0.3, 0.4) is 0 Å². The highest BCUT2D eigenvalue weighted by Crippen LogP contribution is 2.01. The maximum absolute atomic E-state index is 11.8. The smallest absolute Gasteiger partial charge is 0.326 e. The Morgan fingerprint density at radius 3 is 2.29 bits per heavy atom. The van der Waals surface area contributed by atoms with Crippen molar-refractivity contribution in [3.8, 4) is 0 Å². The minimum absolute atomic E-state index is 0.0296. The van der Waals surface area contributed by atoms with Gasteiger partial charge in [-0.3, -0.25) is 4.79 Å². The molecule has 0 aromatic heterocycles. The number of hydrogen-bond acceptors (Lipinski definition) is 5. The molecule has 8 nitrogen and oxygen atoms in total. The summed E-state index contributed by atoms with van der Waals surface area (Å²) >= 11 is 0. The highest BCUT2D eigenvalue weighted by atomic mass is 16.5. The fourth-order valence-corrected chi connectivity index (χ4v) is 1.75. The van der Waals surface area contributed by atoms with E-state index in [9.17, 15) is 14.4 Å². The van der Waals surface area contributed by atoms with E-state index in [0.717, 1.165) is 12.8 Å². The van der Waals surface area contributed by atoms with Crippen LogP contribution in [0.4, 0.5) is 4.79 Å². The molecule has 0 fully saturated rings. The van der Waals surface area contributed by atoms with Crippen LogP contribution in [0, 0.1) is 0 Å². The van der Waals surface area contributed by atoms with Crippen LogP contribution in [0.15, 0.2) is 0 Å². The molecule has 0 saturated heterocycles. The Morgan fingerprint density at radius 2 is 1.81 bits per heavy atom. The number of methoxy groups -OCH3 is 2. The fraction of sp³-hybridized carbons (Fsp3) is 0.769. The molecule has 3 N–H and O–H groups in total. The second-order valence-corrected chi connectivity index (χ2v) is 4.56. The number of nitrogens with one attached hydrogen (secondary N) is 2. The van der Waals surface area contributed by atoms with Gasteiger partial charge in [-0.1, -0.05) is 13.3 Å². The topological polar surface area (TPSA) is 114 Å². The van der Waals surface area contributed by atoms with Crippen LogP contribution >= 0.6 is 0 Å². The normalized spacial score (nSPS) is 13.1. The Balaban J connectivity index is 4.38. The van der Waals surface area contributed by atoms with Crippen LogP contribution in [0.1, 0.15) is 32.6 Å². The highest BCUT2D eigenvalue weighted by Gasteiger charge is 2.22. The average Bonchev–Trinajstić information content (AvgIpc) is 2.43. The number of hydrogen-bond donors (Lipinski definition) is 3. The molecular weight excluding hydrogens is 280 g/mol. The van der Waals surface area contributed by atoms with Gasteiger partial charge in [0.1, 0.15) is 6.04 Å². The van der Waals surface area contributed by atoms with Gasteiger partial charge in [-0.15, -0.1) is 0 Å². The van der Waals surface area contributed by atoms with Gasteiger partial charge in [-0.25, -0.2) is 9.59 Å². The molecule has 0 heterocycles. The molecule has 0 aliphatic carbocycles. The lowest BCUT2D eigenvalue weighted by Gasteiger charge is -2.20. The first-order valence-electron chi connectivity index (χ1n) is 6.80. The summed E-state index contributed by atoms with van der Waals surface area (Å²) in [5.74, 6) is -1.72. The van der Waals surface area contributed by atoms with Crippen molar-refractivity contribution in [1.82, 2.24) is 10.6 Å². The molecule has 0 aromatic rings. The third kappa shape index (κ3) is 8.85.